The van der Waals surface area contributed by atoms with Crippen LogP contribution in [0.15, 0.2) is 12.2 Å². The van der Waals surface area contributed by atoms with Crippen molar-refractivity contribution in [2.24, 2.45) is 0 Å². The van der Waals surface area contributed by atoms with Crippen molar-refractivity contribution in [1.29, 1.82) is 0 Å². The predicted molar refractivity (Wildman–Crippen MR) is 45.5 cm³/mol. The van der Waals surface area contributed by atoms with Gasteiger partial charge < -0.3 is 10.2 Å². The highest BCUT2D eigenvalue weighted by atomic mass is 16.4. The minimum absolute atomic E-state index is 0.508. The normalized spacial score (nSPS) is 12.7. The Bertz CT molecular complexity index is 200. The Kier molecular flexibility index (Phi) is 5.76. The van der Waals surface area contributed by atoms with E-state index >= 15 is 0 Å². The standard InChI is InChI=1S/C9H12O3/c1-2-3-4-5-8(10)6-7-9(11)12/h1,6-8,10H,3-5H2,(H,11,12)/b7-6+. The van der Waals surface area contributed by atoms with Gasteiger partial charge in [0.05, 0.1) is 6.10 Å². The van der Waals surface area contributed by atoms with Gasteiger partial charge in [0, 0.05) is 12.5 Å². The first-order valence-corrected chi connectivity index (χ1v) is 3.69. The minimum atomic E-state index is -1.05. The number of rotatable bonds is 5. The molecule has 3 heteroatoms. The average molecular weight is 168 g/mol. The van der Waals surface area contributed by atoms with Gasteiger partial charge in [-0.25, -0.2) is 4.79 Å². The van der Waals surface area contributed by atoms with Crippen molar-refractivity contribution in [1.82, 2.24) is 0 Å². The van der Waals surface area contributed by atoms with Gasteiger partial charge in [-0.2, -0.15) is 0 Å². The summed E-state index contributed by atoms with van der Waals surface area (Å²) in [5.41, 5.74) is 0. The lowest BCUT2D eigenvalue weighted by Crippen LogP contribution is -2.02. The second kappa shape index (κ2) is 6.44. The third-order valence-corrected chi connectivity index (χ3v) is 1.28. The van der Waals surface area contributed by atoms with Crippen LogP contribution in [0.3, 0.4) is 0 Å². The molecule has 0 aromatic rings. The summed E-state index contributed by atoms with van der Waals surface area (Å²) in [6.07, 6.45) is 8.30. The van der Waals surface area contributed by atoms with Crippen LogP contribution in [0.1, 0.15) is 19.3 Å². The molecule has 0 fully saturated rings. The second-order valence-electron chi connectivity index (χ2n) is 2.36. The first-order chi connectivity index (χ1) is 5.66. The topological polar surface area (TPSA) is 57.5 Å². The van der Waals surface area contributed by atoms with Crippen LogP contribution in [-0.4, -0.2) is 22.3 Å². The number of aliphatic carboxylic acids is 1. The molecule has 1 atom stereocenters. The third-order valence-electron chi connectivity index (χ3n) is 1.28. The van der Waals surface area contributed by atoms with Crippen molar-refractivity contribution in [2.45, 2.75) is 25.4 Å². The van der Waals surface area contributed by atoms with Crippen LogP contribution < -0.4 is 0 Å². The molecule has 0 aromatic carbocycles. The summed E-state index contributed by atoms with van der Waals surface area (Å²) in [5.74, 6) is 1.39. The molecule has 66 valence electrons. The zero-order valence-corrected chi connectivity index (χ0v) is 6.73. The zero-order valence-electron chi connectivity index (χ0n) is 6.73. The van der Waals surface area contributed by atoms with E-state index in [0.29, 0.717) is 19.3 Å². The van der Waals surface area contributed by atoms with Crippen LogP contribution in [0, 0.1) is 12.3 Å². The maximum absolute atomic E-state index is 10.0. The lowest BCUT2D eigenvalue weighted by atomic mass is 10.1. The summed E-state index contributed by atoms with van der Waals surface area (Å²) < 4.78 is 0. The van der Waals surface area contributed by atoms with Gasteiger partial charge in [-0.15, -0.1) is 12.3 Å². The lowest BCUT2D eigenvalue weighted by Gasteiger charge is -2.01. The number of unbranched alkanes of at least 4 members (excludes halogenated alkanes) is 1. The molecule has 0 spiro atoms. The molecule has 0 aromatic heterocycles. The van der Waals surface area contributed by atoms with Crippen molar-refractivity contribution >= 4 is 5.97 Å². The molecule has 0 aliphatic heterocycles. The molecule has 1 unspecified atom stereocenters. The number of terminal acetylenes is 1. The highest BCUT2D eigenvalue weighted by Crippen LogP contribution is 2.00. The van der Waals surface area contributed by atoms with Gasteiger partial charge in [0.25, 0.3) is 0 Å². The van der Waals surface area contributed by atoms with Crippen molar-refractivity contribution in [3.8, 4) is 12.3 Å². The number of aliphatic hydroxyl groups is 1. The average Bonchev–Trinajstić information content (AvgIpc) is 2.01. The Labute approximate surface area is 71.7 Å². The summed E-state index contributed by atoms with van der Waals surface area (Å²) in [4.78, 5) is 10.0. The van der Waals surface area contributed by atoms with Crippen LogP contribution in [0.25, 0.3) is 0 Å². The van der Waals surface area contributed by atoms with Crippen molar-refractivity contribution in [3.05, 3.63) is 12.2 Å². The highest BCUT2D eigenvalue weighted by Gasteiger charge is 1.98. The smallest absolute Gasteiger partial charge is 0.328 e. The molecule has 0 heterocycles. The monoisotopic (exact) mass is 168 g/mol. The van der Waals surface area contributed by atoms with Gasteiger partial charge in [0.2, 0.25) is 0 Å². The molecule has 0 saturated carbocycles. The summed E-state index contributed by atoms with van der Waals surface area (Å²) in [6, 6.07) is 0. The third kappa shape index (κ3) is 6.84. The van der Waals surface area contributed by atoms with E-state index in [0.717, 1.165) is 6.08 Å². The largest absolute Gasteiger partial charge is 0.478 e. The Hall–Kier alpha value is -1.27. The van der Waals surface area contributed by atoms with Crippen LogP contribution in [0.5, 0.6) is 0 Å². The molecule has 0 rings (SSSR count). The van der Waals surface area contributed by atoms with E-state index in [2.05, 4.69) is 5.92 Å². The van der Waals surface area contributed by atoms with Gasteiger partial charge >= 0.3 is 5.97 Å². The molecule has 0 radical (unpaired) electrons. The van der Waals surface area contributed by atoms with Crippen molar-refractivity contribution in [3.63, 3.8) is 0 Å². The maximum Gasteiger partial charge on any atom is 0.328 e. The first-order valence-electron chi connectivity index (χ1n) is 3.69. The van der Waals surface area contributed by atoms with Gasteiger partial charge in [-0.3, -0.25) is 0 Å². The maximum atomic E-state index is 10.0. The summed E-state index contributed by atoms with van der Waals surface area (Å²) >= 11 is 0. The van der Waals surface area contributed by atoms with E-state index in [-0.39, 0.29) is 0 Å². The van der Waals surface area contributed by atoms with Gasteiger partial charge in [0.15, 0.2) is 0 Å². The van der Waals surface area contributed by atoms with Crippen molar-refractivity contribution < 1.29 is 15.0 Å². The number of hydrogen-bond donors (Lipinski definition) is 2. The summed E-state index contributed by atoms with van der Waals surface area (Å²) in [5, 5.41) is 17.3. The molecular formula is C9H12O3. The number of carbonyl (C=O) groups is 1. The molecule has 0 amide bonds. The Balaban J connectivity index is 3.53. The minimum Gasteiger partial charge on any atom is -0.478 e. The lowest BCUT2D eigenvalue weighted by molar-refractivity contribution is -0.131. The molecule has 0 bridgehead atoms. The van der Waals surface area contributed by atoms with E-state index < -0.39 is 12.1 Å². The predicted octanol–water partition coefficient (Wildman–Crippen LogP) is 0.792. The van der Waals surface area contributed by atoms with E-state index in [1.807, 2.05) is 0 Å². The fraction of sp³-hybridized carbons (Fsp3) is 0.444. The number of aliphatic hydroxyl groups excluding tert-OH is 1. The Morgan fingerprint density at radius 2 is 2.33 bits per heavy atom. The van der Waals surface area contributed by atoms with Crippen LogP contribution >= 0.6 is 0 Å². The fourth-order valence-corrected chi connectivity index (χ4v) is 0.703. The van der Waals surface area contributed by atoms with E-state index in [9.17, 15) is 4.79 Å². The first kappa shape index (κ1) is 10.7. The Morgan fingerprint density at radius 3 is 2.83 bits per heavy atom. The number of carboxylic acid groups (broad SMARTS) is 1. The summed E-state index contributed by atoms with van der Waals surface area (Å²) in [6.45, 7) is 0. The highest BCUT2D eigenvalue weighted by molar-refractivity contribution is 5.79. The second-order valence-corrected chi connectivity index (χ2v) is 2.36. The quantitative estimate of drug-likeness (QED) is 0.362. The Morgan fingerprint density at radius 1 is 1.67 bits per heavy atom. The van der Waals surface area contributed by atoms with Crippen LogP contribution in [0.2, 0.25) is 0 Å². The van der Waals surface area contributed by atoms with Crippen molar-refractivity contribution in [2.75, 3.05) is 0 Å². The van der Waals surface area contributed by atoms with Gasteiger partial charge in [-0.1, -0.05) is 0 Å². The van der Waals surface area contributed by atoms with E-state index in [4.69, 9.17) is 16.6 Å². The zero-order chi connectivity index (χ0) is 9.40. The molecular weight excluding hydrogens is 156 g/mol. The molecule has 3 nitrogen and oxygen atoms in total. The molecule has 0 aliphatic rings. The molecule has 12 heavy (non-hydrogen) atoms. The number of carboxylic acids is 1. The van der Waals surface area contributed by atoms with Crippen LogP contribution in [-0.2, 0) is 4.79 Å². The van der Waals surface area contributed by atoms with Crippen LogP contribution in [0.4, 0.5) is 0 Å². The number of hydrogen-bond acceptors (Lipinski definition) is 2. The van der Waals surface area contributed by atoms with Gasteiger partial charge in [-0.05, 0) is 18.9 Å². The SMILES string of the molecule is C#CCCCC(O)/C=C/C(=O)O. The fourth-order valence-electron chi connectivity index (χ4n) is 0.703. The molecule has 2 N–H and O–H groups in total. The van der Waals surface area contributed by atoms with E-state index in [1.165, 1.54) is 6.08 Å². The molecule has 0 saturated heterocycles. The van der Waals surface area contributed by atoms with Gasteiger partial charge in [0.1, 0.15) is 0 Å². The molecule has 0 aliphatic carbocycles. The van der Waals surface area contributed by atoms with E-state index in [1.54, 1.807) is 0 Å². The summed E-state index contributed by atoms with van der Waals surface area (Å²) in [7, 11) is 0.